The van der Waals surface area contributed by atoms with Gasteiger partial charge >= 0.3 is 0 Å². The highest BCUT2D eigenvalue weighted by atomic mass is 35.5. The van der Waals surface area contributed by atoms with Crippen LogP contribution in [0, 0.1) is 12.3 Å². The Labute approximate surface area is 88.3 Å². The van der Waals surface area contributed by atoms with Gasteiger partial charge in [-0.25, -0.2) is 0 Å². The number of methoxy groups -OCH3 is 1. The van der Waals surface area contributed by atoms with Gasteiger partial charge in [0, 0.05) is 17.0 Å². The smallest absolute Gasteiger partial charge is 0.125 e. The molecule has 4 heteroatoms. The number of aryl methyl sites for hydroxylation is 1. The fourth-order valence-electron chi connectivity index (χ4n) is 1.43. The Hall–Kier alpha value is -1.22. The minimum Gasteiger partial charge on any atom is -0.496 e. The summed E-state index contributed by atoms with van der Waals surface area (Å²) >= 11 is 5.90. The molecular weight excluding hydrogens is 200 g/mol. The molecule has 76 valence electrons. The number of benzene rings is 1. The molecule has 0 fully saturated rings. The summed E-state index contributed by atoms with van der Waals surface area (Å²) < 4.78 is 5.22. The first-order valence-corrected chi connectivity index (χ1v) is 4.58. The lowest BCUT2D eigenvalue weighted by Gasteiger charge is -2.11. The summed E-state index contributed by atoms with van der Waals surface area (Å²) in [7, 11) is 1.60. The standard InChI is InChI=1S/C10H13ClN2O/c1-6-3-8(11)4-7(5-9(12)13)10(6)14-2/h3-4H,5H2,1-2H3,(H3,12,13). The van der Waals surface area contributed by atoms with E-state index in [1.54, 1.807) is 13.2 Å². The number of nitrogens with one attached hydrogen (secondary N) is 1. The van der Waals surface area contributed by atoms with Crippen molar-refractivity contribution in [2.45, 2.75) is 13.3 Å². The Morgan fingerprint density at radius 1 is 1.57 bits per heavy atom. The van der Waals surface area contributed by atoms with Crippen LogP contribution in [0.25, 0.3) is 0 Å². The lowest BCUT2D eigenvalue weighted by molar-refractivity contribution is 0.408. The minimum absolute atomic E-state index is 0.102. The first kappa shape index (κ1) is 10.9. The number of rotatable bonds is 3. The van der Waals surface area contributed by atoms with E-state index < -0.39 is 0 Å². The first-order valence-electron chi connectivity index (χ1n) is 4.20. The van der Waals surface area contributed by atoms with Crippen LogP contribution in [0.4, 0.5) is 0 Å². The fraction of sp³-hybridized carbons (Fsp3) is 0.300. The maximum Gasteiger partial charge on any atom is 0.125 e. The van der Waals surface area contributed by atoms with Gasteiger partial charge in [-0.15, -0.1) is 0 Å². The summed E-state index contributed by atoms with van der Waals surface area (Å²) in [4.78, 5) is 0. The fourth-order valence-corrected chi connectivity index (χ4v) is 1.72. The van der Waals surface area contributed by atoms with Gasteiger partial charge in [0.15, 0.2) is 0 Å². The number of nitrogens with two attached hydrogens (primary N) is 1. The van der Waals surface area contributed by atoms with E-state index in [1.807, 2.05) is 13.0 Å². The number of halogens is 1. The molecule has 1 aromatic rings. The summed E-state index contributed by atoms with van der Waals surface area (Å²) in [5, 5.41) is 7.86. The Morgan fingerprint density at radius 3 is 2.71 bits per heavy atom. The molecule has 0 unspecified atom stereocenters. The van der Waals surface area contributed by atoms with Gasteiger partial charge in [0.2, 0.25) is 0 Å². The second-order valence-corrected chi connectivity index (χ2v) is 3.55. The van der Waals surface area contributed by atoms with Crippen molar-refractivity contribution in [3.8, 4) is 5.75 Å². The van der Waals surface area contributed by atoms with E-state index in [-0.39, 0.29) is 5.84 Å². The molecule has 1 aromatic carbocycles. The molecule has 0 saturated heterocycles. The highest BCUT2D eigenvalue weighted by Crippen LogP contribution is 2.27. The predicted octanol–water partition coefficient (Wildman–Crippen LogP) is 2.14. The zero-order chi connectivity index (χ0) is 10.7. The van der Waals surface area contributed by atoms with Crippen LogP contribution in [0.2, 0.25) is 5.02 Å². The zero-order valence-corrected chi connectivity index (χ0v) is 8.98. The molecule has 0 bridgehead atoms. The number of hydrogen-bond donors (Lipinski definition) is 2. The Bertz CT molecular complexity index is 363. The predicted molar refractivity (Wildman–Crippen MR) is 58.4 cm³/mol. The molecule has 0 aromatic heterocycles. The van der Waals surface area contributed by atoms with Crippen LogP contribution >= 0.6 is 11.6 Å². The van der Waals surface area contributed by atoms with Crippen molar-refractivity contribution >= 4 is 17.4 Å². The third-order valence-electron chi connectivity index (χ3n) is 1.90. The molecule has 0 spiro atoms. The van der Waals surface area contributed by atoms with E-state index in [1.165, 1.54) is 0 Å². The number of hydrogen-bond acceptors (Lipinski definition) is 2. The van der Waals surface area contributed by atoms with Crippen molar-refractivity contribution < 1.29 is 4.74 Å². The molecule has 0 aliphatic rings. The van der Waals surface area contributed by atoms with E-state index in [0.717, 1.165) is 16.9 Å². The summed E-state index contributed by atoms with van der Waals surface area (Å²) in [6, 6.07) is 3.60. The van der Waals surface area contributed by atoms with Crippen LogP contribution in [-0.2, 0) is 6.42 Å². The van der Waals surface area contributed by atoms with Crippen LogP contribution in [-0.4, -0.2) is 12.9 Å². The van der Waals surface area contributed by atoms with Gasteiger partial charge in [-0.05, 0) is 24.6 Å². The molecular formula is C10H13ClN2O. The summed E-state index contributed by atoms with van der Waals surface area (Å²) in [5.74, 6) is 0.856. The molecule has 0 aliphatic carbocycles. The van der Waals surface area contributed by atoms with E-state index in [2.05, 4.69) is 0 Å². The molecule has 0 radical (unpaired) electrons. The Balaban J connectivity index is 3.17. The monoisotopic (exact) mass is 212 g/mol. The maximum atomic E-state index is 7.22. The molecule has 0 saturated carbocycles. The zero-order valence-electron chi connectivity index (χ0n) is 8.23. The molecule has 1 rings (SSSR count). The van der Waals surface area contributed by atoms with E-state index in [4.69, 9.17) is 27.5 Å². The summed E-state index contributed by atoms with van der Waals surface area (Å²) in [6.45, 7) is 1.91. The van der Waals surface area contributed by atoms with Crippen molar-refractivity contribution in [2.24, 2.45) is 5.73 Å². The van der Waals surface area contributed by atoms with Gasteiger partial charge in [-0.2, -0.15) is 0 Å². The quantitative estimate of drug-likeness (QED) is 0.596. The third-order valence-corrected chi connectivity index (χ3v) is 2.12. The maximum absolute atomic E-state index is 7.22. The van der Waals surface area contributed by atoms with Gasteiger partial charge in [0.05, 0.1) is 12.9 Å². The lowest BCUT2D eigenvalue weighted by atomic mass is 10.1. The molecule has 14 heavy (non-hydrogen) atoms. The molecule has 3 N–H and O–H groups in total. The van der Waals surface area contributed by atoms with Crippen LogP contribution in [0.3, 0.4) is 0 Å². The summed E-state index contributed by atoms with van der Waals surface area (Å²) in [5.41, 5.74) is 7.14. The highest BCUT2D eigenvalue weighted by Gasteiger charge is 2.08. The van der Waals surface area contributed by atoms with Crippen molar-refractivity contribution in [3.05, 3.63) is 28.3 Å². The normalized spacial score (nSPS) is 9.93. The third kappa shape index (κ3) is 2.39. The lowest BCUT2D eigenvalue weighted by Crippen LogP contribution is -2.13. The second-order valence-electron chi connectivity index (χ2n) is 3.12. The average Bonchev–Trinajstić information content (AvgIpc) is 2.01. The highest BCUT2D eigenvalue weighted by molar-refractivity contribution is 6.30. The largest absolute Gasteiger partial charge is 0.496 e. The number of amidine groups is 1. The van der Waals surface area contributed by atoms with Crippen molar-refractivity contribution in [1.29, 1.82) is 5.41 Å². The molecule has 0 atom stereocenters. The average molecular weight is 213 g/mol. The first-order chi connectivity index (χ1) is 6.54. The molecule has 3 nitrogen and oxygen atoms in total. The minimum atomic E-state index is 0.102. The molecule has 0 heterocycles. The van der Waals surface area contributed by atoms with Crippen LogP contribution in [0.15, 0.2) is 12.1 Å². The molecule has 0 amide bonds. The van der Waals surface area contributed by atoms with E-state index in [9.17, 15) is 0 Å². The van der Waals surface area contributed by atoms with Crippen molar-refractivity contribution in [2.75, 3.05) is 7.11 Å². The van der Waals surface area contributed by atoms with Crippen LogP contribution in [0.5, 0.6) is 5.75 Å². The van der Waals surface area contributed by atoms with Crippen LogP contribution < -0.4 is 10.5 Å². The van der Waals surface area contributed by atoms with E-state index in [0.29, 0.717) is 11.4 Å². The molecule has 0 aliphatic heterocycles. The number of ether oxygens (including phenoxy) is 1. The van der Waals surface area contributed by atoms with Crippen molar-refractivity contribution in [1.82, 2.24) is 0 Å². The topological polar surface area (TPSA) is 59.1 Å². The van der Waals surface area contributed by atoms with E-state index >= 15 is 0 Å². The van der Waals surface area contributed by atoms with Crippen molar-refractivity contribution in [3.63, 3.8) is 0 Å². The summed E-state index contributed by atoms with van der Waals surface area (Å²) in [6.07, 6.45) is 0.366. The van der Waals surface area contributed by atoms with Gasteiger partial charge < -0.3 is 10.5 Å². The SMILES string of the molecule is COc1c(C)cc(Cl)cc1CC(=N)N. The van der Waals surface area contributed by atoms with Gasteiger partial charge in [0.25, 0.3) is 0 Å². The van der Waals surface area contributed by atoms with Crippen LogP contribution in [0.1, 0.15) is 11.1 Å². The Morgan fingerprint density at radius 2 is 2.21 bits per heavy atom. The van der Waals surface area contributed by atoms with Gasteiger partial charge in [0.1, 0.15) is 5.75 Å². The van der Waals surface area contributed by atoms with Gasteiger partial charge in [-0.3, -0.25) is 5.41 Å². The van der Waals surface area contributed by atoms with Gasteiger partial charge in [-0.1, -0.05) is 11.6 Å². The Kier molecular flexibility index (Phi) is 3.36. The second kappa shape index (κ2) is 4.33.